The smallest absolute Gasteiger partial charge is 0.179 e. The van der Waals surface area contributed by atoms with Gasteiger partial charge in [-0.15, -0.1) is 0 Å². The van der Waals surface area contributed by atoms with E-state index in [4.69, 9.17) is 10.2 Å². The maximum Gasteiger partial charge on any atom is 0.179 e. The summed E-state index contributed by atoms with van der Waals surface area (Å²) in [5, 5.41) is 0. The van der Waals surface area contributed by atoms with E-state index in [0.29, 0.717) is 0 Å². The minimum absolute atomic E-state index is 0.0805. The second-order valence-corrected chi connectivity index (χ2v) is 5.69. The molecule has 0 aliphatic carbocycles. The summed E-state index contributed by atoms with van der Waals surface area (Å²) in [7, 11) is -0.809. The Balaban J connectivity index is 2.18. The summed E-state index contributed by atoms with van der Waals surface area (Å²) >= 11 is 0. The van der Waals surface area contributed by atoms with E-state index < -0.39 is 9.04 Å². The van der Waals surface area contributed by atoms with Crippen molar-refractivity contribution in [1.82, 2.24) is 0 Å². The first-order chi connectivity index (χ1) is 4.83. The summed E-state index contributed by atoms with van der Waals surface area (Å²) in [5.41, 5.74) is 5.67. The minimum atomic E-state index is -0.809. The fraction of sp³-hybridized carbons (Fsp3) is 1.00. The highest BCUT2D eigenvalue weighted by atomic mass is 28.3. The van der Waals surface area contributed by atoms with Crippen molar-refractivity contribution in [3.05, 3.63) is 0 Å². The Morgan fingerprint density at radius 1 is 1.70 bits per heavy atom. The third kappa shape index (κ3) is 2.40. The maximum atomic E-state index is 5.67. The molecular weight excluding hydrogens is 142 g/mol. The molecule has 1 saturated heterocycles. The molecular formula is C7H17NOSi. The lowest BCUT2D eigenvalue weighted by Crippen LogP contribution is -2.36. The zero-order valence-electron chi connectivity index (χ0n) is 6.68. The molecule has 2 nitrogen and oxygen atoms in total. The number of nitrogens with two attached hydrogens (primary N) is 1. The highest BCUT2D eigenvalue weighted by Gasteiger charge is 2.19. The van der Waals surface area contributed by atoms with E-state index in [2.05, 4.69) is 6.92 Å². The summed E-state index contributed by atoms with van der Waals surface area (Å²) in [6, 6.07) is 2.66. The Bertz CT molecular complexity index is 97.6. The normalized spacial score (nSPS) is 34.2. The van der Waals surface area contributed by atoms with Crippen LogP contribution in [0.5, 0.6) is 0 Å². The first-order valence-electron chi connectivity index (χ1n) is 4.24. The van der Waals surface area contributed by atoms with E-state index in [-0.39, 0.29) is 6.23 Å². The third-order valence-electron chi connectivity index (χ3n) is 1.99. The molecule has 1 heterocycles. The predicted molar refractivity (Wildman–Crippen MR) is 45.3 cm³/mol. The van der Waals surface area contributed by atoms with Crippen LogP contribution in [0.2, 0.25) is 12.1 Å². The molecule has 0 spiro atoms. The van der Waals surface area contributed by atoms with Gasteiger partial charge in [-0.05, 0) is 18.5 Å². The highest BCUT2D eigenvalue weighted by Crippen LogP contribution is 2.17. The van der Waals surface area contributed by atoms with Gasteiger partial charge in [0.1, 0.15) is 0 Å². The summed E-state index contributed by atoms with van der Waals surface area (Å²) < 4.78 is 5.64. The van der Waals surface area contributed by atoms with E-state index in [1.165, 1.54) is 24.9 Å². The van der Waals surface area contributed by atoms with Crippen LogP contribution >= 0.6 is 0 Å². The number of hydrogen-bond acceptors (Lipinski definition) is 2. The van der Waals surface area contributed by atoms with E-state index in [1.807, 2.05) is 0 Å². The summed E-state index contributed by atoms with van der Waals surface area (Å²) in [4.78, 5) is 0. The van der Waals surface area contributed by atoms with Crippen LogP contribution in [0.15, 0.2) is 0 Å². The molecule has 0 bridgehead atoms. The van der Waals surface area contributed by atoms with Crippen LogP contribution in [0.4, 0.5) is 0 Å². The summed E-state index contributed by atoms with van der Waals surface area (Å²) in [6.07, 6.45) is 3.73. The lowest BCUT2D eigenvalue weighted by Gasteiger charge is -2.26. The van der Waals surface area contributed by atoms with Crippen molar-refractivity contribution in [2.75, 3.05) is 0 Å². The quantitative estimate of drug-likeness (QED) is 0.615. The minimum Gasteiger partial charge on any atom is -0.405 e. The van der Waals surface area contributed by atoms with Gasteiger partial charge in [-0.3, -0.25) is 0 Å². The van der Waals surface area contributed by atoms with Crippen molar-refractivity contribution >= 4 is 9.04 Å². The van der Waals surface area contributed by atoms with Gasteiger partial charge in [-0.1, -0.05) is 19.8 Å². The zero-order chi connectivity index (χ0) is 7.40. The van der Waals surface area contributed by atoms with Crippen LogP contribution in [-0.2, 0) is 4.43 Å². The average Bonchev–Trinajstić information content (AvgIpc) is 1.88. The Labute approximate surface area is 64.5 Å². The van der Waals surface area contributed by atoms with Crippen LogP contribution in [0, 0.1) is 0 Å². The van der Waals surface area contributed by atoms with Crippen LogP contribution in [-0.4, -0.2) is 15.3 Å². The van der Waals surface area contributed by atoms with Crippen molar-refractivity contribution in [2.45, 2.75) is 44.5 Å². The Morgan fingerprint density at radius 2 is 2.50 bits per heavy atom. The van der Waals surface area contributed by atoms with Gasteiger partial charge >= 0.3 is 0 Å². The predicted octanol–water partition coefficient (Wildman–Crippen LogP) is 1.22. The second kappa shape index (κ2) is 4.11. The molecule has 1 rings (SSSR count). The molecule has 60 valence electrons. The number of hydrogen-bond donors (Lipinski definition) is 1. The fourth-order valence-electron chi connectivity index (χ4n) is 1.46. The van der Waals surface area contributed by atoms with Crippen LogP contribution in [0.25, 0.3) is 0 Å². The van der Waals surface area contributed by atoms with Crippen LogP contribution < -0.4 is 5.73 Å². The molecule has 0 aromatic carbocycles. The second-order valence-electron chi connectivity index (χ2n) is 3.02. The molecule has 2 N–H and O–H groups in total. The lowest BCUT2D eigenvalue weighted by molar-refractivity contribution is 0.177. The van der Waals surface area contributed by atoms with Gasteiger partial charge in [0.05, 0.1) is 6.23 Å². The molecule has 2 atom stereocenters. The van der Waals surface area contributed by atoms with E-state index in [9.17, 15) is 0 Å². The van der Waals surface area contributed by atoms with Gasteiger partial charge in [-0.25, -0.2) is 0 Å². The first kappa shape index (κ1) is 8.24. The monoisotopic (exact) mass is 159 g/mol. The van der Waals surface area contributed by atoms with Crippen molar-refractivity contribution < 1.29 is 4.43 Å². The van der Waals surface area contributed by atoms with Gasteiger partial charge in [0.15, 0.2) is 9.04 Å². The van der Waals surface area contributed by atoms with Crippen molar-refractivity contribution in [3.63, 3.8) is 0 Å². The first-order valence-corrected chi connectivity index (χ1v) is 6.34. The zero-order valence-corrected chi connectivity index (χ0v) is 7.83. The average molecular weight is 159 g/mol. The van der Waals surface area contributed by atoms with Crippen molar-refractivity contribution in [1.29, 1.82) is 0 Å². The van der Waals surface area contributed by atoms with E-state index >= 15 is 0 Å². The van der Waals surface area contributed by atoms with Crippen LogP contribution in [0.3, 0.4) is 0 Å². The topological polar surface area (TPSA) is 35.2 Å². The fourth-order valence-corrected chi connectivity index (χ4v) is 3.99. The maximum absolute atomic E-state index is 5.67. The van der Waals surface area contributed by atoms with Gasteiger partial charge in [0.25, 0.3) is 0 Å². The van der Waals surface area contributed by atoms with E-state index in [0.717, 1.165) is 6.42 Å². The van der Waals surface area contributed by atoms with Gasteiger partial charge in [0, 0.05) is 0 Å². The van der Waals surface area contributed by atoms with Crippen LogP contribution in [0.1, 0.15) is 26.2 Å². The molecule has 0 saturated carbocycles. The molecule has 10 heavy (non-hydrogen) atoms. The lowest BCUT2D eigenvalue weighted by atomic mass is 10.3. The summed E-state index contributed by atoms with van der Waals surface area (Å²) in [6.45, 7) is 2.22. The molecule has 0 aromatic rings. The molecule has 1 aliphatic heterocycles. The molecule has 1 fully saturated rings. The Kier molecular flexibility index (Phi) is 3.38. The van der Waals surface area contributed by atoms with E-state index in [1.54, 1.807) is 0 Å². The summed E-state index contributed by atoms with van der Waals surface area (Å²) in [5.74, 6) is 0. The highest BCUT2D eigenvalue weighted by molar-refractivity contribution is 6.52. The van der Waals surface area contributed by atoms with Crippen molar-refractivity contribution in [2.24, 2.45) is 5.73 Å². The Hall–Kier alpha value is 0.137. The molecule has 0 radical (unpaired) electrons. The molecule has 0 aromatic heterocycles. The molecule has 1 aliphatic rings. The molecule has 3 heteroatoms. The Morgan fingerprint density at radius 3 is 3.10 bits per heavy atom. The van der Waals surface area contributed by atoms with Gasteiger partial charge in [-0.2, -0.15) is 0 Å². The van der Waals surface area contributed by atoms with Gasteiger partial charge < -0.3 is 10.2 Å². The largest absolute Gasteiger partial charge is 0.405 e. The molecule has 2 unspecified atom stereocenters. The standard InChI is InChI=1S/C7H17NOSi/c1-2-5-10-6-3-4-7(8)9-10/h7,10H,2-6,8H2,1H3. The SMILES string of the molecule is CCC[SiH]1CCCC(N)O1. The van der Waals surface area contributed by atoms with Gasteiger partial charge in [0.2, 0.25) is 0 Å². The molecule has 0 amide bonds. The third-order valence-corrected chi connectivity index (χ3v) is 5.00. The van der Waals surface area contributed by atoms with Crippen molar-refractivity contribution in [3.8, 4) is 0 Å². The number of rotatable bonds is 2.